The minimum absolute atomic E-state index is 0.219. The van der Waals surface area contributed by atoms with E-state index < -0.39 is 10.0 Å². The summed E-state index contributed by atoms with van der Waals surface area (Å²) in [5, 5.41) is 4.16. The molecule has 1 aliphatic heterocycles. The Hall–Kier alpha value is -1.67. The van der Waals surface area contributed by atoms with Crippen molar-refractivity contribution >= 4 is 10.0 Å². The number of nitrogens with zero attached hydrogens (tertiary/aromatic N) is 4. The third kappa shape index (κ3) is 2.36. The van der Waals surface area contributed by atoms with Gasteiger partial charge in [-0.05, 0) is 33.6 Å². The van der Waals surface area contributed by atoms with E-state index in [4.69, 9.17) is 0 Å². The highest BCUT2D eigenvalue weighted by atomic mass is 32.2. The van der Waals surface area contributed by atoms with Gasteiger partial charge in [-0.15, -0.1) is 0 Å². The van der Waals surface area contributed by atoms with Gasteiger partial charge in [0.05, 0.1) is 17.9 Å². The van der Waals surface area contributed by atoms with Crippen LogP contribution in [-0.2, 0) is 16.6 Å². The van der Waals surface area contributed by atoms with Crippen molar-refractivity contribution in [2.75, 3.05) is 6.54 Å². The zero-order chi connectivity index (χ0) is 15.9. The Kier molecular flexibility index (Phi) is 3.82. The molecule has 2 aromatic heterocycles. The van der Waals surface area contributed by atoms with Crippen molar-refractivity contribution in [1.29, 1.82) is 0 Å². The molecule has 8 heteroatoms. The first kappa shape index (κ1) is 15.2. The summed E-state index contributed by atoms with van der Waals surface area (Å²) in [4.78, 5) is 7.78. The Morgan fingerprint density at radius 3 is 2.73 bits per heavy atom. The lowest BCUT2D eigenvalue weighted by Gasteiger charge is -2.22. The van der Waals surface area contributed by atoms with Crippen molar-refractivity contribution in [3.05, 3.63) is 29.6 Å². The summed E-state index contributed by atoms with van der Waals surface area (Å²) in [6.45, 7) is 6.83. The zero-order valence-corrected chi connectivity index (χ0v) is 13.9. The fraction of sp³-hybridized carbons (Fsp3) is 0.571. The number of hydrogen-bond donors (Lipinski definition) is 1. The Morgan fingerprint density at radius 1 is 1.36 bits per heavy atom. The third-order valence-corrected chi connectivity index (χ3v) is 6.20. The lowest BCUT2D eigenvalue weighted by Crippen LogP contribution is -2.31. The van der Waals surface area contributed by atoms with Crippen LogP contribution >= 0.6 is 0 Å². The summed E-state index contributed by atoms with van der Waals surface area (Å²) in [7, 11) is -3.56. The molecule has 3 heterocycles. The topological polar surface area (TPSA) is 83.9 Å². The van der Waals surface area contributed by atoms with E-state index in [0.29, 0.717) is 23.7 Å². The maximum Gasteiger partial charge on any atom is 0.247 e. The number of nitrogens with one attached hydrogen (secondary N) is 1. The predicted octanol–water partition coefficient (Wildman–Crippen LogP) is 1.77. The number of aromatic amines is 1. The average Bonchev–Trinajstić information content (AvgIpc) is 3.17. The van der Waals surface area contributed by atoms with Crippen LogP contribution in [0.3, 0.4) is 0 Å². The molecule has 0 aromatic carbocycles. The number of imidazole rings is 1. The third-order valence-electron chi connectivity index (χ3n) is 4.19. The molecule has 0 aliphatic carbocycles. The second kappa shape index (κ2) is 5.51. The van der Waals surface area contributed by atoms with Crippen molar-refractivity contribution in [2.24, 2.45) is 0 Å². The number of aryl methyl sites for hydroxylation is 2. The van der Waals surface area contributed by atoms with Crippen LogP contribution in [0.5, 0.6) is 0 Å². The maximum absolute atomic E-state index is 13.0. The highest BCUT2D eigenvalue weighted by Crippen LogP contribution is 2.35. The molecule has 0 amide bonds. The molecule has 0 radical (unpaired) electrons. The molecule has 1 saturated heterocycles. The fourth-order valence-corrected chi connectivity index (χ4v) is 4.85. The molecular formula is C14H21N5O2S. The van der Waals surface area contributed by atoms with Gasteiger partial charge in [0.25, 0.3) is 0 Å². The molecule has 0 bridgehead atoms. The van der Waals surface area contributed by atoms with Crippen LogP contribution in [0, 0.1) is 13.8 Å². The Labute approximate surface area is 130 Å². The van der Waals surface area contributed by atoms with Crippen LogP contribution in [0.1, 0.15) is 43.0 Å². The van der Waals surface area contributed by atoms with Crippen molar-refractivity contribution in [3.63, 3.8) is 0 Å². The summed E-state index contributed by atoms with van der Waals surface area (Å²) >= 11 is 0. The number of aromatic nitrogens is 4. The molecule has 0 spiro atoms. The van der Waals surface area contributed by atoms with Crippen LogP contribution < -0.4 is 0 Å². The quantitative estimate of drug-likeness (QED) is 0.929. The largest absolute Gasteiger partial charge is 0.345 e. The van der Waals surface area contributed by atoms with E-state index in [-0.39, 0.29) is 6.04 Å². The minimum Gasteiger partial charge on any atom is -0.345 e. The molecule has 1 aliphatic rings. The summed E-state index contributed by atoms with van der Waals surface area (Å²) in [5.41, 5.74) is 1.62. The molecule has 2 aromatic rings. The van der Waals surface area contributed by atoms with Gasteiger partial charge in [-0.2, -0.15) is 9.40 Å². The molecular weight excluding hydrogens is 302 g/mol. The molecule has 3 rings (SSSR count). The Balaban J connectivity index is 1.98. The van der Waals surface area contributed by atoms with Crippen molar-refractivity contribution in [2.45, 2.75) is 51.1 Å². The highest BCUT2D eigenvalue weighted by Gasteiger charge is 2.39. The van der Waals surface area contributed by atoms with Gasteiger partial charge in [-0.25, -0.2) is 13.4 Å². The standard InChI is InChI=1S/C14H21N5O2S/c1-4-18-11(3)13(9-16-18)22(20,21)19-7-5-6-12(19)14-15-8-10(2)17-14/h8-9,12H,4-7H2,1-3H3,(H,15,17). The lowest BCUT2D eigenvalue weighted by atomic mass is 10.2. The summed E-state index contributed by atoms with van der Waals surface area (Å²) in [6, 6.07) is -0.219. The molecule has 1 fully saturated rings. The first-order valence-corrected chi connectivity index (χ1v) is 8.95. The van der Waals surface area contributed by atoms with Crippen LogP contribution in [0.25, 0.3) is 0 Å². The van der Waals surface area contributed by atoms with E-state index in [2.05, 4.69) is 15.1 Å². The molecule has 120 valence electrons. The highest BCUT2D eigenvalue weighted by molar-refractivity contribution is 7.89. The van der Waals surface area contributed by atoms with Crippen LogP contribution in [-0.4, -0.2) is 39.0 Å². The van der Waals surface area contributed by atoms with Gasteiger partial charge in [0, 0.05) is 25.0 Å². The number of hydrogen-bond acceptors (Lipinski definition) is 4. The van der Waals surface area contributed by atoms with E-state index in [9.17, 15) is 8.42 Å². The SMILES string of the molecule is CCn1ncc(S(=O)(=O)N2CCCC2c2ncc(C)[nH]2)c1C. The Morgan fingerprint density at radius 2 is 2.14 bits per heavy atom. The van der Waals surface area contributed by atoms with E-state index >= 15 is 0 Å². The van der Waals surface area contributed by atoms with Crippen molar-refractivity contribution in [3.8, 4) is 0 Å². The molecule has 1 N–H and O–H groups in total. The summed E-state index contributed by atoms with van der Waals surface area (Å²) in [6.07, 6.45) is 4.81. The second-order valence-corrected chi connectivity index (χ2v) is 7.49. The second-order valence-electron chi connectivity index (χ2n) is 5.64. The van der Waals surface area contributed by atoms with Crippen LogP contribution in [0.4, 0.5) is 0 Å². The van der Waals surface area contributed by atoms with Gasteiger partial charge in [0.2, 0.25) is 10.0 Å². The average molecular weight is 323 g/mol. The van der Waals surface area contributed by atoms with E-state index in [1.54, 1.807) is 22.1 Å². The molecule has 22 heavy (non-hydrogen) atoms. The fourth-order valence-electron chi connectivity index (χ4n) is 3.03. The van der Waals surface area contributed by atoms with Crippen LogP contribution in [0.15, 0.2) is 17.3 Å². The predicted molar refractivity (Wildman–Crippen MR) is 81.8 cm³/mol. The van der Waals surface area contributed by atoms with Gasteiger partial charge in [0.1, 0.15) is 10.7 Å². The first-order chi connectivity index (χ1) is 10.4. The molecule has 1 atom stereocenters. The van der Waals surface area contributed by atoms with Gasteiger partial charge >= 0.3 is 0 Å². The van der Waals surface area contributed by atoms with Gasteiger partial charge in [0.15, 0.2) is 0 Å². The zero-order valence-electron chi connectivity index (χ0n) is 13.1. The number of rotatable bonds is 4. The van der Waals surface area contributed by atoms with Gasteiger partial charge < -0.3 is 4.98 Å². The first-order valence-electron chi connectivity index (χ1n) is 7.51. The van der Waals surface area contributed by atoms with Gasteiger partial charge in [-0.1, -0.05) is 0 Å². The van der Waals surface area contributed by atoms with Crippen molar-refractivity contribution in [1.82, 2.24) is 24.1 Å². The molecule has 1 unspecified atom stereocenters. The monoisotopic (exact) mass is 323 g/mol. The number of sulfonamides is 1. The van der Waals surface area contributed by atoms with E-state index in [1.165, 1.54) is 6.20 Å². The maximum atomic E-state index is 13.0. The summed E-state index contributed by atoms with van der Waals surface area (Å²) in [5.74, 6) is 0.721. The van der Waals surface area contributed by atoms with E-state index in [1.807, 2.05) is 13.8 Å². The summed E-state index contributed by atoms with van der Waals surface area (Å²) < 4.78 is 29.3. The lowest BCUT2D eigenvalue weighted by molar-refractivity contribution is 0.384. The number of H-pyrrole nitrogens is 1. The smallest absolute Gasteiger partial charge is 0.247 e. The Bertz CT molecular complexity index is 777. The van der Waals surface area contributed by atoms with Crippen molar-refractivity contribution < 1.29 is 8.42 Å². The van der Waals surface area contributed by atoms with E-state index in [0.717, 1.165) is 24.4 Å². The minimum atomic E-state index is -3.56. The van der Waals surface area contributed by atoms with Crippen LogP contribution in [0.2, 0.25) is 0 Å². The normalized spacial score (nSPS) is 19.9. The van der Waals surface area contributed by atoms with Gasteiger partial charge in [-0.3, -0.25) is 4.68 Å². The molecule has 0 saturated carbocycles. The molecule has 7 nitrogen and oxygen atoms in total.